The molecule has 1 aromatic heterocycles. The van der Waals surface area contributed by atoms with Crippen LogP contribution in [0.1, 0.15) is 39.4 Å². The van der Waals surface area contributed by atoms with Crippen molar-refractivity contribution in [3.05, 3.63) is 17.2 Å². The lowest BCUT2D eigenvalue weighted by atomic mass is 10.2. The van der Waals surface area contributed by atoms with Gasteiger partial charge in [0.1, 0.15) is 16.6 Å². The minimum Gasteiger partial charge on any atom is -0.444 e. The van der Waals surface area contributed by atoms with Gasteiger partial charge in [0.25, 0.3) is 0 Å². The van der Waals surface area contributed by atoms with Crippen LogP contribution in [0.3, 0.4) is 0 Å². The fourth-order valence-electron chi connectivity index (χ4n) is 2.60. The lowest BCUT2D eigenvalue weighted by Crippen LogP contribution is -2.42. The fraction of sp³-hybridized carbons (Fsp3) is 0.733. The fourth-order valence-corrected chi connectivity index (χ4v) is 2.75. The molecule has 22 heavy (non-hydrogen) atoms. The predicted molar refractivity (Wildman–Crippen MR) is 85.9 cm³/mol. The second-order valence-electron chi connectivity index (χ2n) is 6.71. The number of imidazole rings is 1. The van der Waals surface area contributed by atoms with Crippen LogP contribution < -0.4 is 5.32 Å². The van der Waals surface area contributed by atoms with E-state index < -0.39 is 5.60 Å². The Balaban J connectivity index is 1.86. The maximum absolute atomic E-state index is 11.8. The molecule has 0 bridgehead atoms. The van der Waals surface area contributed by atoms with E-state index in [0.717, 1.165) is 31.8 Å². The number of carbonyl (C=O) groups excluding carboxylic acids is 1. The average Bonchev–Trinajstić information content (AvgIpc) is 2.96. The second kappa shape index (κ2) is 6.87. The molecule has 2 rings (SSSR count). The summed E-state index contributed by atoms with van der Waals surface area (Å²) in [6.45, 7) is 7.92. The van der Waals surface area contributed by atoms with Gasteiger partial charge in [-0.1, -0.05) is 11.6 Å². The van der Waals surface area contributed by atoms with E-state index in [1.54, 1.807) is 6.20 Å². The van der Waals surface area contributed by atoms with E-state index in [1.807, 2.05) is 32.4 Å². The first-order valence-electron chi connectivity index (χ1n) is 7.63. The summed E-state index contributed by atoms with van der Waals surface area (Å²) in [6.07, 6.45) is 3.49. The molecule has 1 aliphatic heterocycles. The van der Waals surface area contributed by atoms with Crippen LogP contribution in [0.2, 0.25) is 5.15 Å². The number of nitrogens with zero attached hydrogens (tertiary/aromatic N) is 3. The number of rotatable bonds is 4. The zero-order valence-electron chi connectivity index (χ0n) is 13.7. The molecule has 0 radical (unpaired) electrons. The number of aromatic nitrogens is 2. The van der Waals surface area contributed by atoms with Gasteiger partial charge in [-0.2, -0.15) is 0 Å². The summed E-state index contributed by atoms with van der Waals surface area (Å²) < 4.78 is 7.16. The van der Waals surface area contributed by atoms with Gasteiger partial charge in [-0.3, -0.25) is 4.90 Å². The van der Waals surface area contributed by atoms with Crippen LogP contribution in [0.5, 0.6) is 0 Å². The molecule has 1 fully saturated rings. The van der Waals surface area contributed by atoms with Crippen LogP contribution in [0.15, 0.2) is 6.20 Å². The minimum absolute atomic E-state index is 0.308. The first-order chi connectivity index (χ1) is 10.3. The molecule has 1 aliphatic rings. The number of amides is 1. The summed E-state index contributed by atoms with van der Waals surface area (Å²) >= 11 is 6.02. The van der Waals surface area contributed by atoms with E-state index in [-0.39, 0.29) is 6.09 Å². The highest BCUT2D eigenvalue weighted by molar-refractivity contribution is 6.29. The third-order valence-electron chi connectivity index (χ3n) is 3.75. The maximum Gasteiger partial charge on any atom is 0.407 e. The Morgan fingerprint density at radius 3 is 2.86 bits per heavy atom. The van der Waals surface area contributed by atoms with Crippen LogP contribution in [0.4, 0.5) is 4.79 Å². The zero-order chi connectivity index (χ0) is 16.3. The van der Waals surface area contributed by atoms with E-state index in [1.165, 1.54) is 0 Å². The van der Waals surface area contributed by atoms with Gasteiger partial charge in [-0.25, -0.2) is 9.78 Å². The molecule has 7 heteroatoms. The topological polar surface area (TPSA) is 59.4 Å². The van der Waals surface area contributed by atoms with Gasteiger partial charge in [-0.05, 0) is 40.2 Å². The molecule has 1 atom stereocenters. The maximum atomic E-state index is 11.8. The first-order valence-corrected chi connectivity index (χ1v) is 8.01. The van der Waals surface area contributed by atoms with Crippen LogP contribution in [0, 0.1) is 0 Å². The largest absolute Gasteiger partial charge is 0.444 e. The van der Waals surface area contributed by atoms with E-state index in [0.29, 0.717) is 17.7 Å². The Labute approximate surface area is 136 Å². The van der Waals surface area contributed by atoms with Gasteiger partial charge >= 0.3 is 6.09 Å². The third kappa shape index (κ3) is 4.61. The van der Waals surface area contributed by atoms with Crippen molar-refractivity contribution < 1.29 is 9.53 Å². The van der Waals surface area contributed by atoms with Gasteiger partial charge < -0.3 is 14.6 Å². The van der Waals surface area contributed by atoms with Crippen molar-refractivity contribution in [2.75, 3.05) is 13.1 Å². The van der Waals surface area contributed by atoms with E-state index in [2.05, 4.69) is 15.2 Å². The molecule has 1 N–H and O–H groups in total. The molecule has 0 aromatic carbocycles. The molecule has 1 unspecified atom stereocenters. The smallest absolute Gasteiger partial charge is 0.407 e. The van der Waals surface area contributed by atoms with Crippen molar-refractivity contribution in [3.8, 4) is 0 Å². The SMILES string of the molecule is Cn1c(Cl)cnc1CN1CCCC1CNC(=O)OC(C)(C)C. The summed E-state index contributed by atoms with van der Waals surface area (Å²) in [7, 11) is 1.91. The normalized spacial score (nSPS) is 19.4. The molecule has 2 heterocycles. The van der Waals surface area contributed by atoms with Gasteiger partial charge in [0.2, 0.25) is 0 Å². The molecular weight excluding hydrogens is 304 g/mol. The molecule has 124 valence electrons. The zero-order valence-corrected chi connectivity index (χ0v) is 14.5. The standard InChI is InChI=1S/C15H25ClN4O2/c1-15(2,3)22-14(21)18-8-11-6-5-7-20(11)10-13-17-9-12(16)19(13)4/h9,11H,5-8,10H2,1-4H3,(H,18,21). The molecule has 1 amide bonds. The van der Waals surface area contributed by atoms with Gasteiger partial charge in [0, 0.05) is 19.6 Å². The Morgan fingerprint density at radius 2 is 2.27 bits per heavy atom. The summed E-state index contributed by atoms with van der Waals surface area (Å²) in [5.74, 6) is 0.939. The molecular formula is C15H25ClN4O2. The second-order valence-corrected chi connectivity index (χ2v) is 7.09. The third-order valence-corrected chi connectivity index (χ3v) is 4.10. The van der Waals surface area contributed by atoms with Gasteiger partial charge in [0.05, 0.1) is 12.7 Å². The lowest BCUT2D eigenvalue weighted by molar-refractivity contribution is 0.0512. The van der Waals surface area contributed by atoms with Crippen molar-refractivity contribution in [1.29, 1.82) is 0 Å². The predicted octanol–water partition coefficient (Wildman–Crippen LogP) is 2.56. The number of nitrogens with one attached hydrogen (secondary N) is 1. The summed E-state index contributed by atoms with van der Waals surface area (Å²) in [5.41, 5.74) is -0.469. The summed E-state index contributed by atoms with van der Waals surface area (Å²) in [6, 6.07) is 0.308. The summed E-state index contributed by atoms with van der Waals surface area (Å²) in [4.78, 5) is 18.4. The van der Waals surface area contributed by atoms with Crippen molar-refractivity contribution in [2.24, 2.45) is 7.05 Å². The van der Waals surface area contributed by atoms with Crippen LogP contribution in [-0.2, 0) is 18.3 Å². The van der Waals surface area contributed by atoms with E-state index in [9.17, 15) is 4.79 Å². The molecule has 1 saturated heterocycles. The Hall–Kier alpha value is -1.27. The van der Waals surface area contributed by atoms with Crippen LogP contribution in [-0.4, -0.2) is 45.3 Å². The lowest BCUT2D eigenvalue weighted by Gasteiger charge is -2.25. The van der Waals surface area contributed by atoms with Crippen molar-refractivity contribution in [2.45, 2.75) is 51.8 Å². The number of likely N-dealkylation sites (tertiary alicyclic amines) is 1. The number of carbonyl (C=O) groups is 1. The highest BCUT2D eigenvalue weighted by Crippen LogP contribution is 2.20. The van der Waals surface area contributed by atoms with E-state index >= 15 is 0 Å². The number of halogens is 1. The summed E-state index contributed by atoms with van der Waals surface area (Å²) in [5, 5.41) is 3.50. The highest BCUT2D eigenvalue weighted by atomic mass is 35.5. The van der Waals surface area contributed by atoms with Gasteiger partial charge in [-0.15, -0.1) is 0 Å². The van der Waals surface area contributed by atoms with Crippen molar-refractivity contribution in [3.63, 3.8) is 0 Å². The Morgan fingerprint density at radius 1 is 1.55 bits per heavy atom. The number of ether oxygens (including phenoxy) is 1. The Bertz CT molecular complexity index is 524. The first kappa shape index (κ1) is 17.1. The van der Waals surface area contributed by atoms with Crippen molar-refractivity contribution >= 4 is 17.7 Å². The van der Waals surface area contributed by atoms with Crippen LogP contribution in [0.25, 0.3) is 0 Å². The van der Waals surface area contributed by atoms with Crippen molar-refractivity contribution in [1.82, 2.24) is 19.8 Å². The minimum atomic E-state index is -0.469. The van der Waals surface area contributed by atoms with Crippen LogP contribution >= 0.6 is 11.6 Å². The molecule has 1 aromatic rings. The van der Waals surface area contributed by atoms with E-state index in [4.69, 9.17) is 16.3 Å². The number of alkyl carbamates (subject to hydrolysis) is 1. The monoisotopic (exact) mass is 328 g/mol. The molecule has 6 nitrogen and oxygen atoms in total. The molecule has 0 aliphatic carbocycles. The Kier molecular flexibility index (Phi) is 5.34. The molecule has 0 saturated carbocycles. The quantitative estimate of drug-likeness (QED) is 0.922. The van der Waals surface area contributed by atoms with Gasteiger partial charge in [0.15, 0.2) is 0 Å². The number of hydrogen-bond acceptors (Lipinski definition) is 4. The molecule has 0 spiro atoms. The average molecular weight is 329 g/mol. The highest BCUT2D eigenvalue weighted by Gasteiger charge is 2.27. The number of hydrogen-bond donors (Lipinski definition) is 1.